The number of nitrogens with zero attached hydrogens (tertiary/aromatic N) is 2. The normalized spacial score (nSPS) is 12.6. The van der Waals surface area contributed by atoms with Crippen molar-refractivity contribution in [3.8, 4) is 11.3 Å². The van der Waals surface area contributed by atoms with Crippen molar-refractivity contribution in [3.63, 3.8) is 0 Å². The second-order valence-corrected chi connectivity index (χ2v) is 9.26. The fourth-order valence-corrected chi connectivity index (χ4v) is 4.04. The Morgan fingerprint density at radius 2 is 1.58 bits per heavy atom. The average molecular weight is 350 g/mol. The van der Waals surface area contributed by atoms with Crippen molar-refractivity contribution in [2.24, 2.45) is 5.41 Å². The van der Waals surface area contributed by atoms with Crippen molar-refractivity contribution < 1.29 is 0 Å². The zero-order valence-corrected chi connectivity index (χ0v) is 17.1. The average Bonchev–Trinajstić information content (AvgIpc) is 2.85. The molecule has 0 saturated heterocycles. The highest BCUT2D eigenvalue weighted by atomic mass is 15.2. The SMILES string of the molecule is Cc1ccccc1-c1nc2c(C)cccn2c1NC(C)(C)CC(C)(C)C. The van der Waals surface area contributed by atoms with Gasteiger partial charge in [-0.2, -0.15) is 0 Å². The lowest BCUT2D eigenvalue weighted by molar-refractivity contribution is 0.302. The van der Waals surface area contributed by atoms with Crippen LogP contribution < -0.4 is 5.32 Å². The Morgan fingerprint density at radius 1 is 0.923 bits per heavy atom. The summed E-state index contributed by atoms with van der Waals surface area (Å²) in [5.41, 5.74) is 5.85. The van der Waals surface area contributed by atoms with Crippen molar-refractivity contribution in [1.29, 1.82) is 0 Å². The molecule has 3 heteroatoms. The van der Waals surface area contributed by atoms with Crippen LogP contribution in [0.25, 0.3) is 16.9 Å². The fraction of sp³-hybridized carbons (Fsp3) is 0.435. The van der Waals surface area contributed by atoms with Gasteiger partial charge < -0.3 is 5.32 Å². The maximum Gasteiger partial charge on any atom is 0.142 e. The Kier molecular flexibility index (Phi) is 4.60. The second-order valence-electron chi connectivity index (χ2n) is 9.26. The quantitative estimate of drug-likeness (QED) is 0.603. The standard InChI is InChI=1S/C23H31N3/c1-16-11-8-9-13-18(16)19-21(25-23(6,7)15-22(3,4)5)26-14-10-12-17(2)20(26)24-19/h8-14,25H,15H2,1-7H3. The summed E-state index contributed by atoms with van der Waals surface area (Å²) in [6.07, 6.45) is 3.17. The minimum Gasteiger partial charge on any atom is -0.364 e. The summed E-state index contributed by atoms with van der Waals surface area (Å²) >= 11 is 0. The molecular weight excluding hydrogens is 318 g/mol. The number of aromatic nitrogens is 2. The third kappa shape index (κ3) is 3.77. The van der Waals surface area contributed by atoms with Crippen LogP contribution in [0, 0.1) is 19.3 Å². The Bertz CT molecular complexity index is 926. The van der Waals surface area contributed by atoms with E-state index in [0.29, 0.717) is 0 Å². The third-order valence-corrected chi connectivity index (χ3v) is 4.67. The van der Waals surface area contributed by atoms with Crippen LogP contribution in [0.2, 0.25) is 0 Å². The highest BCUT2D eigenvalue weighted by Gasteiger charge is 2.28. The largest absolute Gasteiger partial charge is 0.364 e. The summed E-state index contributed by atoms with van der Waals surface area (Å²) in [7, 11) is 0. The van der Waals surface area contributed by atoms with Crippen molar-refractivity contribution >= 4 is 11.5 Å². The summed E-state index contributed by atoms with van der Waals surface area (Å²) in [5, 5.41) is 3.82. The van der Waals surface area contributed by atoms with Crippen LogP contribution >= 0.6 is 0 Å². The van der Waals surface area contributed by atoms with E-state index in [4.69, 9.17) is 4.98 Å². The summed E-state index contributed by atoms with van der Waals surface area (Å²) in [6, 6.07) is 12.7. The van der Waals surface area contributed by atoms with Crippen molar-refractivity contribution in [1.82, 2.24) is 9.38 Å². The Labute approximate surface area is 157 Å². The molecule has 3 nitrogen and oxygen atoms in total. The molecule has 0 aliphatic carbocycles. The first kappa shape index (κ1) is 18.5. The van der Waals surface area contributed by atoms with Gasteiger partial charge in [0.1, 0.15) is 17.2 Å². The first-order valence-corrected chi connectivity index (χ1v) is 9.39. The van der Waals surface area contributed by atoms with E-state index in [0.717, 1.165) is 23.6 Å². The molecule has 0 atom stereocenters. The van der Waals surface area contributed by atoms with Crippen LogP contribution in [-0.2, 0) is 0 Å². The van der Waals surface area contributed by atoms with Crippen LogP contribution in [-0.4, -0.2) is 14.9 Å². The topological polar surface area (TPSA) is 29.3 Å². The van der Waals surface area contributed by atoms with Gasteiger partial charge in [-0.25, -0.2) is 4.98 Å². The van der Waals surface area contributed by atoms with E-state index in [1.54, 1.807) is 0 Å². The number of nitrogens with one attached hydrogen (secondary N) is 1. The number of benzene rings is 1. The predicted octanol–water partition coefficient (Wildman–Crippen LogP) is 6.24. The van der Waals surface area contributed by atoms with Crippen LogP contribution in [0.1, 0.15) is 52.2 Å². The summed E-state index contributed by atoms with van der Waals surface area (Å²) < 4.78 is 2.20. The lowest BCUT2D eigenvalue weighted by Crippen LogP contribution is -2.36. The van der Waals surface area contributed by atoms with E-state index in [1.165, 1.54) is 16.7 Å². The molecular formula is C23H31N3. The van der Waals surface area contributed by atoms with E-state index in [9.17, 15) is 0 Å². The third-order valence-electron chi connectivity index (χ3n) is 4.67. The lowest BCUT2D eigenvalue weighted by atomic mass is 9.82. The number of aryl methyl sites for hydroxylation is 2. The number of fused-ring (bicyclic) bond motifs is 1. The van der Waals surface area contributed by atoms with Gasteiger partial charge in [0.2, 0.25) is 0 Å². The molecule has 3 aromatic rings. The van der Waals surface area contributed by atoms with Gasteiger partial charge in [-0.1, -0.05) is 51.1 Å². The monoisotopic (exact) mass is 349 g/mol. The highest BCUT2D eigenvalue weighted by Crippen LogP contribution is 2.36. The maximum atomic E-state index is 5.02. The van der Waals surface area contributed by atoms with Crippen molar-refractivity contribution in [3.05, 3.63) is 53.7 Å². The van der Waals surface area contributed by atoms with Crippen LogP contribution in [0.3, 0.4) is 0 Å². The minimum absolute atomic E-state index is 0.0462. The zero-order chi connectivity index (χ0) is 19.1. The summed E-state index contributed by atoms with van der Waals surface area (Å²) in [5.74, 6) is 1.08. The van der Waals surface area contributed by atoms with Gasteiger partial charge >= 0.3 is 0 Å². The molecule has 2 heterocycles. The van der Waals surface area contributed by atoms with Gasteiger partial charge in [-0.05, 0) is 56.7 Å². The number of hydrogen-bond acceptors (Lipinski definition) is 2. The van der Waals surface area contributed by atoms with Crippen molar-refractivity contribution in [2.45, 2.75) is 60.4 Å². The van der Waals surface area contributed by atoms with Gasteiger partial charge in [-0.15, -0.1) is 0 Å². The fourth-order valence-electron chi connectivity index (χ4n) is 4.04. The molecule has 3 rings (SSSR count). The van der Waals surface area contributed by atoms with Gasteiger partial charge in [0.25, 0.3) is 0 Å². The molecule has 0 spiro atoms. The number of anilines is 1. The molecule has 0 aliphatic rings. The van der Waals surface area contributed by atoms with E-state index < -0.39 is 0 Å². The van der Waals surface area contributed by atoms with Crippen LogP contribution in [0.4, 0.5) is 5.82 Å². The van der Waals surface area contributed by atoms with E-state index in [-0.39, 0.29) is 11.0 Å². The molecule has 0 amide bonds. The predicted molar refractivity (Wildman–Crippen MR) is 112 cm³/mol. The number of pyridine rings is 1. The van der Waals surface area contributed by atoms with E-state index >= 15 is 0 Å². The molecule has 0 aliphatic heterocycles. The Hall–Kier alpha value is -2.29. The van der Waals surface area contributed by atoms with Gasteiger partial charge in [-0.3, -0.25) is 4.40 Å². The number of imidazole rings is 1. The molecule has 1 N–H and O–H groups in total. The van der Waals surface area contributed by atoms with Crippen LogP contribution in [0.5, 0.6) is 0 Å². The molecule has 0 saturated carbocycles. The molecule has 138 valence electrons. The highest BCUT2D eigenvalue weighted by molar-refractivity contribution is 5.79. The summed E-state index contributed by atoms with van der Waals surface area (Å²) in [4.78, 5) is 5.02. The van der Waals surface area contributed by atoms with Crippen LogP contribution in [0.15, 0.2) is 42.6 Å². The molecule has 0 bridgehead atoms. The molecule has 0 fully saturated rings. The van der Waals surface area contributed by atoms with E-state index in [2.05, 4.69) is 101 Å². The van der Waals surface area contributed by atoms with Gasteiger partial charge in [0.15, 0.2) is 0 Å². The second kappa shape index (κ2) is 6.46. The number of hydrogen-bond donors (Lipinski definition) is 1. The molecule has 26 heavy (non-hydrogen) atoms. The Balaban J connectivity index is 2.18. The van der Waals surface area contributed by atoms with Crippen molar-refractivity contribution in [2.75, 3.05) is 5.32 Å². The molecule has 1 aromatic carbocycles. The minimum atomic E-state index is -0.0462. The van der Waals surface area contributed by atoms with Gasteiger partial charge in [0.05, 0.1) is 0 Å². The molecule has 0 radical (unpaired) electrons. The first-order valence-electron chi connectivity index (χ1n) is 9.39. The van der Waals surface area contributed by atoms with Gasteiger partial charge in [0, 0.05) is 17.3 Å². The lowest BCUT2D eigenvalue weighted by Gasteiger charge is -2.34. The smallest absolute Gasteiger partial charge is 0.142 e. The number of rotatable bonds is 4. The molecule has 0 unspecified atom stereocenters. The maximum absolute atomic E-state index is 5.02. The zero-order valence-electron chi connectivity index (χ0n) is 17.1. The Morgan fingerprint density at radius 3 is 2.23 bits per heavy atom. The first-order chi connectivity index (χ1) is 12.1. The summed E-state index contributed by atoms with van der Waals surface area (Å²) in [6.45, 7) is 15.7. The molecule has 2 aromatic heterocycles. The van der Waals surface area contributed by atoms with E-state index in [1.807, 2.05) is 0 Å².